The van der Waals surface area contributed by atoms with Gasteiger partial charge in [0.2, 0.25) is 0 Å². The molecule has 3 nitrogen and oxygen atoms in total. The molecule has 0 aliphatic heterocycles. The molecule has 1 aromatic carbocycles. The Labute approximate surface area is 88.2 Å². The maximum absolute atomic E-state index is 10.00. The second-order valence-electron chi connectivity index (χ2n) is 3.30. The quantitative estimate of drug-likeness (QED) is 0.776. The van der Waals surface area contributed by atoms with Crippen molar-refractivity contribution in [1.29, 1.82) is 0 Å². The van der Waals surface area contributed by atoms with Crippen molar-refractivity contribution in [2.45, 2.75) is 6.10 Å². The summed E-state index contributed by atoms with van der Waals surface area (Å²) in [5, 5.41) is 10.00. The fourth-order valence-electron chi connectivity index (χ4n) is 1.43. The highest BCUT2D eigenvalue weighted by Crippen LogP contribution is 2.20. The third-order valence-electron chi connectivity index (χ3n) is 2.19. The van der Waals surface area contributed by atoms with E-state index in [1.807, 2.05) is 30.3 Å². The minimum absolute atomic E-state index is 0.419. The minimum Gasteiger partial charge on any atom is -0.384 e. The van der Waals surface area contributed by atoms with E-state index in [4.69, 9.17) is 5.73 Å². The molecule has 0 fully saturated rings. The number of nitrogens with two attached hydrogens (primary N) is 1. The number of aliphatic hydroxyl groups is 1. The van der Waals surface area contributed by atoms with E-state index in [1.54, 1.807) is 18.2 Å². The Kier molecular flexibility index (Phi) is 2.65. The molecule has 0 radical (unpaired) electrons. The first-order chi connectivity index (χ1) is 7.27. The van der Waals surface area contributed by atoms with E-state index in [0.717, 1.165) is 5.56 Å². The van der Waals surface area contributed by atoms with Gasteiger partial charge < -0.3 is 10.8 Å². The smallest absolute Gasteiger partial charge is 0.123 e. The molecular weight excluding hydrogens is 188 g/mol. The summed E-state index contributed by atoms with van der Waals surface area (Å²) >= 11 is 0. The first-order valence-electron chi connectivity index (χ1n) is 4.73. The number of aliphatic hydroxyl groups excluding tert-OH is 1. The first kappa shape index (κ1) is 9.68. The summed E-state index contributed by atoms with van der Waals surface area (Å²) in [7, 11) is 0. The normalized spacial score (nSPS) is 12.3. The summed E-state index contributed by atoms with van der Waals surface area (Å²) in [6.45, 7) is 0. The molecule has 3 N–H and O–H groups in total. The standard InChI is InChI=1S/C12H12N2O/c13-11-8-4-7-10(14-11)12(15)9-5-2-1-3-6-9/h1-8,12,15H,(H2,13,14). The van der Waals surface area contributed by atoms with Crippen molar-refractivity contribution in [2.24, 2.45) is 0 Å². The average molecular weight is 200 g/mol. The Morgan fingerprint density at radius 1 is 1.00 bits per heavy atom. The van der Waals surface area contributed by atoms with E-state index in [2.05, 4.69) is 4.98 Å². The van der Waals surface area contributed by atoms with Crippen LogP contribution in [0.5, 0.6) is 0 Å². The number of nitrogen functional groups attached to an aromatic ring is 1. The van der Waals surface area contributed by atoms with Gasteiger partial charge in [0.05, 0.1) is 5.69 Å². The molecule has 0 saturated carbocycles. The second kappa shape index (κ2) is 4.11. The van der Waals surface area contributed by atoms with E-state index in [0.29, 0.717) is 11.5 Å². The van der Waals surface area contributed by atoms with E-state index in [9.17, 15) is 5.11 Å². The monoisotopic (exact) mass is 200 g/mol. The largest absolute Gasteiger partial charge is 0.384 e. The summed E-state index contributed by atoms with van der Waals surface area (Å²) in [6.07, 6.45) is -0.713. The van der Waals surface area contributed by atoms with Crippen LogP contribution >= 0.6 is 0 Å². The number of pyridine rings is 1. The van der Waals surface area contributed by atoms with Crippen molar-refractivity contribution < 1.29 is 5.11 Å². The second-order valence-corrected chi connectivity index (χ2v) is 3.30. The zero-order chi connectivity index (χ0) is 10.7. The average Bonchev–Trinajstić information content (AvgIpc) is 2.29. The molecule has 76 valence electrons. The van der Waals surface area contributed by atoms with E-state index < -0.39 is 6.10 Å². The lowest BCUT2D eigenvalue weighted by molar-refractivity contribution is 0.215. The molecule has 2 rings (SSSR count). The first-order valence-corrected chi connectivity index (χ1v) is 4.73. The van der Waals surface area contributed by atoms with E-state index >= 15 is 0 Å². The molecule has 1 atom stereocenters. The van der Waals surface area contributed by atoms with Gasteiger partial charge in [0, 0.05) is 0 Å². The number of benzene rings is 1. The topological polar surface area (TPSA) is 59.1 Å². The van der Waals surface area contributed by atoms with Gasteiger partial charge in [0.25, 0.3) is 0 Å². The molecular formula is C12H12N2O. The molecule has 1 aromatic heterocycles. The maximum Gasteiger partial charge on any atom is 0.123 e. The summed E-state index contributed by atoms with van der Waals surface area (Å²) in [5.74, 6) is 0.419. The molecule has 0 aliphatic carbocycles. The van der Waals surface area contributed by atoms with Crippen molar-refractivity contribution in [3.05, 3.63) is 59.8 Å². The van der Waals surface area contributed by atoms with Crippen molar-refractivity contribution in [1.82, 2.24) is 4.98 Å². The highest BCUT2D eigenvalue weighted by atomic mass is 16.3. The van der Waals surface area contributed by atoms with Gasteiger partial charge in [0.1, 0.15) is 11.9 Å². The van der Waals surface area contributed by atoms with Gasteiger partial charge in [0.15, 0.2) is 0 Å². The van der Waals surface area contributed by atoms with Crippen LogP contribution in [0.15, 0.2) is 48.5 Å². The van der Waals surface area contributed by atoms with Crippen molar-refractivity contribution >= 4 is 5.82 Å². The Morgan fingerprint density at radius 3 is 2.40 bits per heavy atom. The predicted octanol–water partition coefficient (Wildman–Crippen LogP) is 1.75. The van der Waals surface area contributed by atoms with Crippen molar-refractivity contribution in [3.8, 4) is 0 Å². The van der Waals surface area contributed by atoms with Gasteiger partial charge in [-0.3, -0.25) is 0 Å². The van der Waals surface area contributed by atoms with Gasteiger partial charge in [-0.25, -0.2) is 4.98 Å². The van der Waals surface area contributed by atoms with Crippen LogP contribution in [0.3, 0.4) is 0 Å². The highest BCUT2D eigenvalue weighted by Gasteiger charge is 2.10. The molecule has 3 heteroatoms. The van der Waals surface area contributed by atoms with Crippen LogP contribution in [0.1, 0.15) is 17.4 Å². The molecule has 0 spiro atoms. The highest BCUT2D eigenvalue weighted by molar-refractivity contribution is 5.33. The summed E-state index contributed by atoms with van der Waals surface area (Å²) in [5.41, 5.74) is 6.94. The number of aromatic nitrogens is 1. The van der Waals surface area contributed by atoms with Crippen LogP contribution in [0, 0.1) is 0 Å². The Morgan fingerprint density at radius 2 is 1.73 bits per heavy atom. The Balaban J connectivity index is 2.32. The number of hydrogen-bond acceptors (Lipinski definition) is 3. The number of hydrogen-bond donors (Lipinski definition) is 2. The third kappa shape index (κ3) is 2.14. The number of nitrogens with zero attached hydrogens (tertiary/aromatic N) is 1. The molecule has 15 heavy (non-hydrogen) atoms. The fraction of sp³-hybridized carbons (Fsp3) is 0.0833. The van der Waals surface area contributed by atoms with Crippen LogP contribution in [0.25, 0.3) is 0 Å². The van der Waals surface area contributed by atoms with E-state index in [1.165, 1.54) is 0 Å². The zero-order valence-electron chi connectivity index (χ0n) is 8.17. The fourth-order valence-corrected chi connectivity index (χ4v) is 1.43. The molecule has 0 amide bonds. The van der Waals surface area contributed by atoms with Crippen LogP contribution in [-0.2, 0) is 0 Å². The summed E-state index contributed by atoms with van der Waals surface area (Å²) < 4.78 is 0. The van der Waals surface area contributed by atoms with Gasteiger partial charge in [-0.2, -0.15) is 0 Å². The molecule has 0 saturated heterocycles. The minimum atomic E-state index is -0.713. The maximum atomic E-state index is 10.00. The van der Waals surface area contributed by atoms with Crippen molar-refractivity contribution in [2.75, 3.05) is 5.73 Å². The van der Waals surface area contributed by atoms with E-state index in [-0.39, 0.29) is 0 Å². The van der Waals surface area contributed by atoms with Gasteiger partial charge in [-0.15, -0.1) is 0 Å². The lowest BCUT2D eigenvalue weighted by atomic mass is 10.1. The summed E-state index contributed by atoms with van der Waals surface area (Å²) in [4.78, 5) is 4.08. The SMILES string of the molecule is Nc1cccc(C(O)c2ccccc2)n1. The van der Waals surface area contributed by atoms with Crippen LogP contribution < -0.4 is 5.73 Å². The van der Waals surface area contributed by atoms with Gasteiger partial charge >= 0.3 is 0 Å². The molecule has 1 heterocycles. The number of rotatable bonds is 2. The lowest BCUT2D eigenvalue weighted by Gasteiger charge is -2.10. The molecule has 0 bridgehead atoms. The van der Waals surface area contributed by atoms with Gasteiger partial charge in [-0.05, 0) is 17.7 Å². The molecule has 1 unspecified atom stereocenters. The lowest BCUT2D eigenvalue weighted by Crippen LogP contribution is -2.03. The van der Waals surface area contributed by atoms with Crippen LogP contribution in [0.4, 0.5) is 5.82 Å². The predicted molar refractivity (Wildman–Crippen MR) is 59.2 cm³/mol. The Bertz CT molecular complexity index is 442. The number of anilines is 1. The summed E-state index contributed by atoms with van der Waals surface area (Å²) in [6, 6.07) is 14.6. The Hall–Kier alpha value is -1.87. The molecule has 2 aromatic rings. The van der Waals surface area contributed by atoms with Crippen LogP contribution in [-0.4, -0.2) is 10.1 Å². The van der Waals surface area contributed by atoms with Crippen molar-refractivity contribution in [3.63, 3.8) is 0 Å². The third-order valence-corrected chi connectivity index (χ3v) is 2.19. The van der Waals surface area contributed by atoms with Gasteiger partial charge in [-0.1, -0.05) is 36.4 Å². The van der Waals surface area contributed by atoms with Crippen LogP contribution in [0.2, 0.25) is 0 Å². The molecule has 0 aliphatic rings. The zero-order valence-corrected chi connectivity index (χ0v) is 8.17.